The summed E-state index contributed by atoms with van der Waals surface area (Å²) in [5.41, 5.74) is 2.49. The second-order valence-corrected chi connectivity index (χ2v) is 7.38. The first-order valence-corrected chi connectivity index (χ1v) is 8.85. The van der Waals surface area contributed by atoms with Gasteiger partial charge in [-0.1, -0.05) is 17.7 Å². The Bertz CT molecular complexity index is 995. The number of sulfonamides is 1. The Morgan fingerprint density at radius 3 is 2.52 bits per heavy atom. The van der Waals surface area contributed by atoms with Gasteiger partial charge in [0.15, 0.2) is 0 Å². The molecule has 0 fully saturated rings. The van der Waals surface area contributed by atoms with Gasteiger partial charge in [0, 0.05) is 0 Å². The molecular formula is C14H11N3O4S2. The molecular weight excluding hydrogens is 338 g/mol. The predicted octanol–water partition coefficient (Wildman–Crippen LogP) is 3.31. The molecule has 0 bridgehead atoms. The molecule has 7 nitrogen and oxygen atoms in total. The van der Waals surface area contributed by atoms with Crippen LogP contribution in [0.15, 0.2) is 46.8 Å². The first kappa shape index (κ1) is 15.4. The lowest BCUT2D eigenvalue weighted by Crippen LogP contribution is -2.14. The Morgan fingerprint density at radius 2 is 1.87 bits per heavy atom. The van der Waals surface area contributed by atoms with Crippen LogP contribution in [-0.2, 0) is 10.0 Å². The first-order valence-electron chi connectivity index (χ1n) is 6.48. The molecule has 0 aliphatic heterocycles. The number of nitrogens with one attached hydrogen (secondary N) is 1. The predicted molar refractivity (Wildman–Crippen MR) is 88.3 cm³/mol. The molecule has 23 heavy (non-hydrogen) atoms. The van der Waals surface area contributed by atoms with Crippen LogP contribution >= 0.6 is 11.3 Å². The Morgan fingerprint density at radius 1 is 1.17 bits per heavy atom. The molecule has 0 saturated carbocycles. The highest BCUT2D eigenvalue weighted by molar-refractivity contribution is 7.92. The highest BCUT2D eigenvalue weighted by Crippen LogP contribution is 2.36. The smallest absolute Gasteiger partial charge is 0.273 e. The van der Waals surface area contributed by atoms with Crippen LogP contribution in [0.1, 0.15) is 5.56 Å². The standard InChI is InChI=1S/C14H11N3O4S2/c1-9-2-4-10(5-3-9)23(20,21)16-11-6-7-12-14(22-8-15-12)13(11)17(18)19/h2-8,16H,1H3. The molecule has 0 aliphatic carbocycles. The molecule has 118 valence electrons. The molecule has 0 unspecified atom stereocenters. The van der Waals surface area contributed by atoms with Gasteiger partial charge >= 0.3 is 5.69 Å². The van der Waals surface area contributed by atoms with Crippen molar-refractivity contribution in [3.05, 3.63) is 57.6 Å². The maximum Gasteiger partial charge on any atom is 0.312 e. The summed E-state index contributed by atoms with van der Waals surface area (Å²) in [5, 5.41) is 11.4. The van der Waals surface area contributed by atoms with Gasteiger partial charge in [0.25, 0.3) is 10.0 Å². The van der Waals surface area contributed by atoms with Crippen molar-refractivity contribution in [2.24, 2.45) is 0 Å². The van der Waals surface area contributed by atoms with Crippen molar-refractivity contribution in [3.8, 4) is 0 Å². The van der Waals surface area contributed by atoms with Gasteiger partial charge in [0.2, 0.25) is 0 Å². The molecule has 1 aromatic heterocycles. The highest BCUT2D eigenvalue weighted by atomic mass is 32.2. The van der Waals surface area contributed by atoms with Crippen LogP contribution in [0.2, 0.25) is 0 Å². The number of aryl methyl sites for hydroxylation is 1. The molecule has 0 aliphatic rings. The fourth-order valence-electron chi connectivity index (χ4n) is 2.10. The maximum atomic E-state index is 12.4. The lowest BCUT2D eigenvalue weighted by molar-refractivity contribution is -0.381. The number of rotatable bonds is 4. The van der Waals surface area contributed by atoms with E-state index >= 15 is 0 Å². The molecule has 3 rings (SSSR count). The first-order chi connectivity index (χ1) is 10.9. The maximum absolute atomic E-state index is 12.4. The SMILES string of the molecule is Cc1ccc(S(=O)(=O)Nc2ccc3ncsc3c2[N+](=O)[O-])cc1. The summed E-state index contributed by atoms with van der Waals surface area (Å²) < 4.78 is 27.5. The van der Waals surface area contributed by atoms with Gasteiger partial charge in [0.05, 0.1) is 20.8 Å². The highest BCUT2D eigenvalue weighted by Gasteiger charge is 2.24. The number of hydrogen-bond acceptors (Lipinski definition) is 6. The zero-order chi connectivity index (χ0) is 16.6. The molecule has 0 saturated heterocycles. The lowest BCUT2D eigenvalue weighted by Gasteiger charge is -2.09. The van der Waals surface area contributed by atoms with E-state index in [1.807, 2.05) is 6.92 Å². The van der Waals surface area contributed by atoms with Crippen molar-refractivity contribution in [2.75, 3.05) is 4.72 Å². The third kappa shape index (κ3) is 2.88. The Balaban J connectivity index is 2.09. The average Bonchev–Trinajstić information content (AvgIpc) is 2.95. The Kier molecular flexibility index (Phi) is 3.74. The van der Waals surface area contributed by atoms with Crippen LogP contribution in [0.3, 0.4) is 0 Å². The van der Waals surface area contributed by atoms with E-state index in [1.165, 1.54) is 23.7 Å². The van der Waals surface area contributed by atoms with Gasteiger partial charge in [-0.2, -0.15) is 0 Å². The van der Waals surface area contributed by atoms with Crippen molar-refractivity contribution in [1.82, 2.24) is 4.98 Å². The number of hydrogen-bond donors (Lipinski definition) is 1. The van der Waals surface area contributed by atoms with Crippen LogP contribution in [0.25, 0.3) is 10.2 Å². The van der Waals surface area contributed by atoms with Gasteiger partial charge in [-0.25, -0.2) is 13.4 Å². The third-order valence-electron chi connectivity index (χ3n) is 3.23. The van der Waals surface area contributed by atoms with Gasteiger partial charge in [-0.05, 0) is 31.2 Å². The molecule has 2 aromatic carbocycles. The quantitative estimate of drug-likeness (QED) is 0.575. The number of fused-ring (bicyclic) bond motifs is 1. The second-order valence-electron chi connectivity index (χ2n) is 4.84. The molecule has 0 radical (unpaired) electrons. The van der Waals surface area contributed by atoms with E-state index in [-0.39, 0.29) is 16.3 Å². The fraction of sp³-hybridized carbons (Fsp3) is 0.0714. The van der Waals surface area contributed by atoms with Crippen LogP contribution in [-0.4, -0.2) is 18.3 Å². The number of anilines is 1. The monoisotopic (exact) mass is 349 g/mol. The largest absolute Gasteiger partial charge is 0.312 e. The van der Waals surface area contributed by atoms with Crippen molar-refractivity contribution in [3.63, 3.8) is 0 Å². The summed E-state index contributed by atoms with van der Waals surface area (Å²) in [7, 11) is -3.91. The molecule has 0 amide bonds. The summed E-state index contributed by atoms with van der Waals surface area (Å²) in [6, 6.07) is 9.13. The van der Waals surface area contributed by atoms with Crippen molar-refractivity contribution in [2.45, 2.75) is 11.8 Å². The zero-order valence-corrected chi connectivity index (χ0v) is 13.5. The van der Waals surface area contributed by atoms with Crippen molar-refractivity contribution >= 4 is 43.0 Å². The molecule has 3 aromatic rings. The van der Waals surface area contributed by atoms with Crippen LogP contribution < -0.4 is 4.72 Å². The normalized spacial score (nSPS) is 11.5. The Hall–Kier alpha value is -2.52. The number of thiazole rings is 1. The minimum atomic E-state index is -3.91. The average molecular weight is 349 g/mol. The van der Waals surface area contributed by atoms with Crippen LogP contribution in [0.5, 0.6) is 0 Å². The topological polar surface area (TPSA) is 102 Å². The van der Waals surface area contributed by atoms with E-state index in [0.717, 1.165) is 16.9 Å². The van der Waals surface area contributed by atoms with E-state index in [2.05, 4.69) is 9.71 Å². The van der Waals surface area contributed by atoms with E-state index < -0.39 is 14.9 Å². The zero-order valence-electron chi connectivity index (χ0n) is 11.9. The number of nitro groups is 1. The summed E-state index contributed by atoms with van der Waals surface area (Å²) >= 11 is 1.09. The van der Waals surface area contributed by atoms with Gasteiger partial charge < -0.3 is 0 Å². The minimum Gasteiger partial charge on any atom is -0.273 e. The van der Waals surface area contributed by atoms with Crippen molar-refractivity contribution in [1.29, 1.82) is 0 Å². The molecule has 0 atom stereocenters. The van der Waals surface area contributed by atoms with Gasteiger partial charge in [-0.3, -0.25) is 14.8 Å². The number of nitrogens with zero attached hydrogens (tertiary/aromatic N) is 2. The van der Waals surface area contributed by atoms with E-state index in [9.17, 15) is 18.5 Å². The summed E-state index contributed by atoms with van der Waals surface area (Å²) in [6.07, 6.45) is 0. The van der Waals surface area contributed by atoms with Gasteiger partial charge in [-0.15, -0.1) is 11.3 Å². The minimum absolute atomic E-state index is 0.0433. The molecule has 1 heterocycles. The summed E-state index contributed by atoms with van der Waals surface area (Å²) in [4.78, 5) is 14.8. The second kappa shape index (κ2) is 5.60. The van der Waals surface area contributed by atoms with E-state index in [1.54, 1.807) is 18.2 Å². The van der Waals surface area contributed by atoms with E-state index in [4.69, 9.17) is 0 Å². The van der Waals surface area contributed by atoms with Crippen LogP contribution in [0, 0.1) is 17.0 Å². The number of aromatic nitrogens is 1. The Labute approximate surface area is 135 Å². The van der Waals surface area contributed by atoms with Crippen molar-refractivity contribution < 1.29 is 13.3 Å². The molecule has 1 N–H and O–H groups in total. The fourth-order valence-corrected chi connectivity index (χ4v) is 3.97. The molecule has 0 spiro atoms. The third-order valence-corrected chi connectivity index (χ3v) is 5.46. The number of nitro benzene ring substituents is 1. The number of benzene rings is 2. The summed E-state index contributed by atoms with van der Waals surface area (Å²) in [6.45, 7) is 1.84. The van der Waals surface area contributed by atoms with Crippen LogP contribution in [0.4, 0.5) is 11.4 Å². The van der Waals surface area contributed by atoms with E-state index in [0.29, 0.717) is 10.2 Å². The molecule has 9 heteroatoms. The lowest BCUT2D eigenvalue weighted by atomic mass is 10.2. The van der Waals surface area contributed by atoms with Gasteiger partial charge in [0.1, 0.15) is 10.4 Å². The summed E-state index contributed by atoms with van der Waals surface area (Å²) in [5.74, 6) is 0.